The molecule has 0 saturated heterocycles. The molecule has 1 heteroatoms. The average Bonchev–Trinajstić information content (AvgIpc) is 3.50. The van der Waals surface area contributed by atoms with Crippen molar-refractivity contribution < 1.29 is 5.79 Å². The van der Waals surface area contributed by atoms with E-state index in [9.17, 15) is 0 Å². The van der Waals surface area contributed by atoms with E-state index in [2.05, 4.69) is 141 Å². The summed E-state index contributed by atoms with van der Waals surface area (Å²) < 4.78 is 14.5. The molecule has 46 heavy (non-hydrogen) atoms. The van der Waals surface area contributed by atoms with Gasteiger partial charge in [-0.15, -0.1) is 0 Å². The van der Waals surface area contributed by atoms with Crippen LogP contribution >= 0.6 is 0 Å². The van der Waals surface area contributed by atoms with Gasteiger partial charge in [0.25, 0.3) is 0 Å². The molecule has 0 saturated carbocycles. The number of para-hydroxylation sites is 1. The third-order valence-corrected chi connectivity index (χ3v) is 9.57. The first-order chi connectivity index (χ1) is 23.0. The lowest BCUT2D eigenvalue weighted by molar-refractivity contribution is 0.657. The smallest absolute Gasteiger partial charge is 0.139 e. The highest BCUT2D eigenvalue weighted by atomic mass is 16.3. The second kappa shape index (κ2) is 10.5. The van der Waals surface area contributed by atoms with Crippen LogP contribution in [0.4, 0.5) is 0 Å². The molecule has 1 heterocycles. The molecule has 9 rings (SSSR count). The van der Waals surface area contributed by atoms with Gasteiger partial charge >= 0.3 is 0 Å². The normalized spacial score (nSPS) is 12.2. The fourth-order valence-corrected chi connectivity index (χ4v) is 7.38. The van der Waals surface area contributed by atoms with Crippen LogP contribution < -0.4 is 0 Å². The molecule has 0 spiro atoms. The zero-order valence-corrected chi connectivity index (χ0v) is 25.8. The van der Waals surface area contributed by atoms with E-state index in [0.29, 0.717) is 12.0 Å². The number of rotatable bonds is 4. The minimum absolute atomic E-state index is 0.344. The van der Waals surface area contributed by atoms with Crippen molar-refractivity contribution in [3.63, 3.8) is 0 Å². The second-order valence-corrected chi connectivity index (χ2v) is 12.6. The number of fused-ring (bicyclic) bond motifs is 6. The van der Waals surface area contributed by atoms with Crippen molar-refractivity contribution >= 4 is 54.3 Å². The van der Waals surface area contributed by atoms with Crippen molar-refractivity contribution in [2.45, 2.75) is 19.8 Å². The first-order valence-corrected chi connectivity index (χ1v) is 16.0. The van der Waals surface area contributed by atoms with E-state index in [-0.39, 0.29) is 0 Å². The Labute approximate surface area is 269 Å². The Bertz CT molecular complexity index is 2600. The summed E-state index contributed by atoms with van der Waals surface area (Å²) >= 11 is 0. The van der Waals surface area contributed by atoms with Crippen LogP contribution in [0.15, 0.2) is 156 Å². The minimum atomic E-state index is 0.344. The molecule has 0 amide bonds. The summed E-state index contributed by atoms with van der Waals surface area (Å²) in [5.74, 6) is 0.344. The SMILES string of the molecule is [2H]c1ccc2cc(-c3ccc(-c4c5ccccc5c(-c5ccc(C(C)C)c6oc7ccccc7c56)c5ccccc45)cc3)ccc2c1. The van der Waals surface area contributed by atoms with E-state index >= 15 is 0 Å². The molecule has 0 bridgehead atoms. The standard InChI is InChI=1S/C45H32O/c1-28(2)34-25-26-40(44-39-17-9-10-18-41(39)46-45(34)44)43-37-15-7-5-13-35(37)42(36-14-6-8-16-38(36)43)31-22-19-30(20-23-31)33-24-21-29-11-3-4-12-32(29)27-33/h3-28H,1-2H3/i3D. The van der Waals surface area contributed by atoms with E-state index in [1.807, 2.05) is 18.2 Å². The summed E-state index contributed by atoms with van der Waals surface area (Å²) in [4.78, 5) is 0. The molecule has 0 aliphatic rings. The summed E-state index contributed by atoms with van der Waals surface area (Å²) in [7, 11) is 0. The van der Waals surface area contributed by atoms with Gasteiger partial charge in [-0.1, -0.05) is 153 Å². The fourth-order valence-electron chi connectivity index (χ4n) is 7.38. The summed E-state index contributed by atoms with van der Waals surface area (Å²) in [6.45, 7) is 4.47. The molecule has 0 N–H and O–H groups in total. The lowest BCUT2D eigenvalue weighted by Crippen LogP contribution is -1.93. The third kappa shape index (κ3) is 4.09. The van der Waals surface area contributed by atoms with Crippen LogP contribution in [0.25, 0.3) is 87.6 Å². The molecule has 218 valence electrons. The number of hydrogen-bond donors (Lipinski definition) is 0. The van der Waals surface area contributed by atoms with Crippen LogP contribution in [0.1, 0.15) is 26.7 Å². The molecule has 0 aliphatic heterocycles. The summed E-state index contributed by atoms with van der Waals surface area (Å²) in [5.41, 5.74) is 10.4. The highest BCUT2D eigenvalue weighted by molar-refractivity contribution is 6.25. The molecular formula is C45H32O. The van der Waals surface area contributed by atoms with Crippen LogP contribution in [0.3, 0.4) is 0 Å². The third-order valence-electron chi connectivity index (χ3n) is 9.57. The Balaban J connectivity index is 1.28. The summed E-state index contributed by atoms with van der Waals surface area (Å²) in [5, 5.41) is 9.52. The largest absolute Gasteiger partial charge is 0.456 e. The van der Waals surface area contributed by atoms with Gasteiger partial charge in [-0.05, 0) is 89.3 Å². The maximum Gasteiger partial charge on any atom is 0.139 e. The van der Waals surface area contributed by atoms with Crippen molar-refractivity contribution in [2.24, 2.45) is 0 Å². The van der Waals surface area contributed by atoms with E-state index in [4.69, 9.17) is 5.79 Å². The summed E-state index contributed by atoms with van der Waals surface area (Å²) in [6.07, 6.45) is 0. The molecule has 0 aliphatic carbocycles. The lowest BCUT2D eigenvalue weighted by atomic mass is 9.84. The number of benzene rings is 8. The van der Waals surface area contributed by atoms with E-state index in [1.54, 1.807) is 0 Å². The predicted octanol–water partition coefficient (Wildman–Crippen LogP) is 13.2. The zero-order chi connectivity index (χ0) is 31.6. The van der Waals surface area contributed by atoms with Gasteiger partial charge in [0, 0.05) is 10.8 Å². The minimum Gasteiger partial charge on any atom is -0.456 e. The Hall–Kier alpha value is -5.66. The topological polar surface area (TPSA) is 13.1 Å². The first-order valence-electron chi connectivity index (χ1n) is 16.5. The van der Waals surface area contributed by atoms with Crippen LogP contribution in [-0.4, -0.2) is 0 Å². The van der Waals surface area contributed by atoms with Crippen molar-refractivity contribution in [1.82, 2.24) is 0 Å². The van der Waals surface area contributed by atoms with Gasteiger partial charge in [-0.2, -0.15) is 0 Å². The van der Waals surface area contributed by atoms with Crippen LogP contribution in [0.5, 0.6) is 0 Å². The van der Waals surface area contributed by atoms with Gasteiger partial charge in [0.2, 0.25) is 0 Å². The second-order valence-electron chi connectivity index (χ2n) is 12.6. The average molecular weight is 590 g/mol. The first kappa shape index (κ1) is 25.6. The van der Waals surface area contributed by atoms with Crippen molar-refractivity contribution in [1.29, 1.82) is 0 Å². The van der Waals surface area contributed by atoms with Gasteiger partial charge in [-0.3, -0.25) is 0 Å². The molecule has 8 aromatic carbocycles. The maximum absolute atomic E-state index is 7.96. The molecule has 1 aromatic heterocycles. The molecule has 0 unspecified atom stereocenters. The van der Waals surface area contributed by atoms with E-state index in [1.165, 1.54) is 65.9 Å². The van der Waals surface area contributed by atoms with Crippen LogP contribution in [-0.2, 0) is 0 Å². The van der Waals surface area contributed by atoms with Crippen molar-refractivity contribution in [3.05, 3.63) is 157 Å². The molecule has 0 fully saturated rings. The molecule has 0 atom stereocenters. The van der Waals surface area contributed by atoms with Gasteiger partial charge in [0.15, 0.2) is 0 Å². The zero-order valence-electron chi connectivity index (χ0n) is 26.8. The molecular weight excluding hydrogens is 556 g/mol. The monoisotopic (exact) mass is 589 g/mol. The molecule has 9 aromatic rings. The summed E-state index contributed by atoms with van der Waals surface area (Å²) in [6, 6.07) is 52.5. The number of furan rings is 1. The van der Waals surface area contributed by atoms with Crippen LogP contribution in [0, 0.1) is 0 Å². The highest BCUT2D eigenvalue weighted by Crippen LogP contribution is 2.48. The van der Waals surface area contributed by atoms with Gasteiger partial charge in [-0.25, -0.2) is 0 Å². The van der Waals surface area contributed by atoms with Crippen molar-refractivity contribution in [2.75, 3.05) is 0 Å². The van der Waals surface area contributed by atoms with Gasteiger partial charge in [0.1, 0.15) is 11.2 Å². The fraction of sp³-hybridized carbons (Fsp3) is 0.0667. The Kier molecular flexibility index (Phi) is 5.83. The van der Waals surface area contributed by atoms with E-state index < -0.39 is 0 Å². The highest BCUT2D eigenvalue weighted by Gasteiger charge is 2.22. The Morgan fingerprint density at radius 2 is 1.11 bits per heavy atom. The molecule has 1 nitrogen and oxygen atoms in total. The Morgan fingerprint density at radius 1 is 0.500 bits per heavy atom. The quantitative estimate of drug-likeness (QED) is 0.186. The molecule has 0 radical (unpaired) electrons. The lowest BCUT2D eigenvalue weighted by Gasteiger charge is -2.19. The Morgan fingerprint density at radius 3 is 1.80 bits per heavy atom. The van der Waals surface area contributed by atoms with Crippen molar-refractivity contribution in [3.8, 4) is 33.4 Å². The van der Waals surface area contributed by atoms with Gasteiger partial charge < -0.3 is 4.42 Å². The predicted molar refractivity (Wildman–Crippen MR) is 197 cm³/mol. The maximum atomic E-state index is 7.96. The van der Waals surface area contributed by atoms with E-state index in [0.717, 1.165) is 27.3 Å². The van der Waals surface area contributed by atoms with Gasteiger partial charge in [0.05, 0.1) is 1.37 Å². The van der Waals surface area contributed by atoms with Crippen LogP contribution in [0.2, 0.25) is 0 Å². The number of hydrogen-bond acceptors (Lipinski definition) is 1.